The van der Waals surface area contributed by atoms with Crippen LogP contribution in [0.3, 0.4) is 0 Å². The highest BCUT2D eigenvalue weighted by Gasteiger charge is 2.12. The summed E-state index contributed by atoms with van der Waals surface area (Å²) in [5, 5.41) is 5.27. The molecule has 0 fully saturated rings. The monoisotopic (exact) mass is 406 g/mol. The van der Waals surface area contributed by atoms with Gasteiger partial charge in [-0.05, 0) is 29.7 Å². The standard InChI is InChI=1S/C20H15BrN4O/c21-14-7-4-8-15(11-14)25-19-18(22)20(24-12-23-19)26-17-10-3-6-13-5-1-2-9-16(13)17/h1-12H,22H2,(H,23,24,25). The predicted octanol–water partition coefficient (Wildman–Crippen LogP) is 5.51. The van der Waals surface area contributed by atoms with Crippen molar-refractivity contribution in [3.8, 4) is 11.6 Å². The van der Waals surface area contributed by atoms with E-state index in [1.807, 2.05) is 66.7 Å². The second-order valence-corrected chi connectivity index (χ2v) is 6.57. The van der Waals surface area contributed by atoms with Gasteiger partial charge in [-0.3, -0.25) is 0 Å². The Kier molecular flexibility index (Phi) is 4.41. The van der Waals surface area contributed by atoms with Gasteiger partial charge < -0.3 is 15.8 Å². The van der Waals surface area contributed by atoms with Gasteiger partial charge in [-0.2, -0.15) is 4.98 Å². The van der Waals surface area contributed by atoms with Gasteiger partial charge in [0.25, 0.3) is 0 Å². The van der Waals surface area contributed by atoms with Crippen LogP contribution in [0.15, 0.2) is 77.5 Å². The zero-order valence-corrected chi connectivity index (χ0v) is 15.3. The third kappa shape index (κ3) is 3.32. The maximum atomic E-state index is 6.24. The molecule has 3 N–H and O–H groups in total. The van der Waals surface area contributed by atoms with E-state index < -0.39 is 0 Å². The van der Waals surface area contributed by atoms with Crippen molar-refractivity contribution in [2.75, 3.05) is 11.1 Å². The fraction of sp³-hybridized carbons (Fsp3) is 0. The first kappa shape index (κ1) is 16.4. The molecule has 0 aliphatic rings. The first-order valence-electron chi connectivity index (χ1n) is 7.99. The minimum atomic E-state index is 0.314. The second-order valence-electron chi connectivity index (χ2n) is 5.66. The molecule has 0 saturated carbocycles. The predicted molar refractivity (Wildman–Crippen MR) is 108 cm³/mol. The summed E-state index contributed by atoms with van der Waals surface area (Å²) in [6, 6.07) is 21.6. The number of nitrogens with zero attached hydrogens (tertiary/aromatic N) is 2. The fourth-order valence-electron chi connectivity index (χ4n) is 2.65. The molecule has 0 unspecified atom stereocenters. The molecule has 0 saturated heterocycles. The molecule has 1 heterocycles. The summed E-state index contributed by atoms with van der Waals surface area (Å²) >= 11 is 3.45. The van der Waals surface area contributed by atoms with E-state index in [1.165, 1.54) is 6.33 Å². The summed E-state index contributed by atoms with van der Waals surface area (Å²) in [5.41, 5.74) is 7.45. The van der Waals surface area contributed by atoms with Crippen molar-refractivity contribution in [2.45, 2.75) is 0 Å². The Bertz CT molecular complexity index is 1080. The summed E-state index contributed by atoms with van der Waals surface area (Å²) < 4.78 is 6.96. The Morgan fingerprint density at radius 3 is 2.62 bits per heavy atom. The van der Waals surface area contributed by atoms with Crippen molar-refractivity contribution < 1.29 is 4.74 Å². The lowest BCUT2D eigenvalue weighted by Gasteiger charge is -2.13. The molecule has 0 aliphatic heterocycles. The lowest BCUT2D eigenvalue weighted by molar-refractivity contribution is 0.470. The van der Waals surface area contributed by atoms with E-state index in [0.717, 1.165) is 20.9 Å². The van der Waals surface area contributed by atoms with Gasteiger partial charge in [0.2, 0.25) is 5.88 Å². The van der Waals surface area contributed by atoms with Gasteiger partial charge in [-0.1, -0.05) is 58.4 Å². The van der Waals surface area contributed by atoms with Crippen LogP contribution < -0.4 is 15.8 Å². The number of hydrogen-bond acceptors (Lipinski definition) is 5. The lowest BCUT2D eigenvalue weighted by atomic mass is 10.1. The van der Waals surface area contributed by atoms with Crippen molar-refractivity contribution in [3.05, 3.63) is 77.5 Å². The van der Waals surface area contributed by atoms with E-state index in [0.29, 0.717) is 23.1 Å². The van der Waals surface area contributed by atoms with Crippen molar-refractivity contribution in [1.29, 1.82) is 0 Å². The van der Waals surface area contributed by atoms with E-state index in [-0.39, 0.29) is 0 Å². The first-order chi connectivity index (χ1) is 12.7. The Balaban J connectivity index is 1.67. The zero-order chi connectivity index (χ0) is 17.9. The molecule has 0 atom stereocenters. The molecular weight excluding hydrogens is 392 g/mol. The third-order valence-corrected chi connectivity index (χ3v) is 4.38. The number of benzene rings is 3. The van der Waals surface area contributed by atoms with Crippen LogP contribution in [0.2, 0.25) is 0 Å². The van der Waals surface area contributed by atoms with Crippen LogP contribution in [0, 0.1) is 0 Å². The van der Waals surface area contributed by atoms with Crippen molar-refractivity contribution in [3.63, 3.8) is 0 Å². The number of aromatic nitrogens is 2. The first-order valence-corrected chi connectivity index (χ1v) is 8.79. The molecule has 1 aromatic heterocycles. The fourth-order valence-corrected chi connectivity index (χ4v) is 3.05. The SMILES string of the molecule is Nc1c(Nc2cccc(Br)c2)ncnc1Oc1cccc2ccccc12. The Labute approximate surface area is 159 Å². The highest BCUT2D eigenvalue weighted by molar-refractivity contribution is 9.10. The quantitative estimate of drug-likeness (QED) is 0.467. The summed E-state index contributed by atoms with van der Waals surface area (Å²) in [5.74, 6) is 1.50. The maximum Gasteiger partial charge on any atom is 0.248 e. The van der Waals surface area contributed by atoms with Crippen LogP contribution >= 0.6 is 15.9 Å². The molecule has 0 bridgehead atoms. The number of nitrogen functional groups attached to an aromatic ring is 1. The van der Waals surface area contributed by atoms with E-state index >= 15 is 0 Å². The van der Waals surface area contributed by atoms with E-state index in [2.05, 4.69) is 31.2 Å². The number of rotatable bonds is 4. The second kappa shape index (κ2) is 7.01. The molecule has 6 heteroatoms. The molecule has 4 aromatic rings. The smallest absolute Gasteiger partial charge is 0.248 e. The molecule has 0 aliphatic carbocycles. The number of ether oxygens (including phenoxy) is 1. The van der Waals surface area contributed by atoms with Gasteiger partial charge in [-0.15, -0.1) is 0 Å². The molecule has 26 heavy (non-hydrogen) atoms. The number of nitrogens with two attached hydrogens (primary N) is 1. The maximum absolute atomic E-state index is 6.24. The molecule has 5 nitrogen and oxygen atoms in total. The van der Waals surface area contributed by atoms with E-state index in [4.69, 9.17) is 10.5 Å². The number of nitrogens with one attached hydrogen (secondary N) is 1. The van der Waals surface area contributed by atoms with Crippen molar-refractivity contribution in [1.82, 2.24) is 9.97 Å². The summed E-state index contributed by atoms with van der Waals surface area (Å²) in [6.45, 7) is 0. The molecule has 0 spiro atoms. The van der Waals surface area contributed by atoms with Gasteiger partial charge in [-0.25, -0.2) is 4.98 Å². The van der Waals surface area contributed by atoms with Crippen LogP contribution in [0.5, 0.6) is 11.6 Å². The van der Waals surface area contributed by atoms with Crippen LogP contribution in [-0.2, 0) is 0 Å². The number of fused-ring (bicyclic) bond motifs is 1. The van der Waals surface area contributed by atoms with Gasteiger partial charge >= 0.3 is 0 Å². The van der Waals surface area contributed by atoms with E-state index in [9.17, 15) is 0 Å². The summed E-state index contributed by atoms with van der Waals surface area (Å²) in [4.78, 5) is 8.42. The molecule has 3 aromatic carbocycles. The molecule has 0 amide bonds. The largest absolute Gasteiger partial charge is 0.436 e. The number of halogens is 1. The Morgan fingerprint density at radius 1 is 0.923 bits per heavy atom. The molecule has 0 radical (unpaired) electrons. The minimum Gasteiger partial charge on any atom is -0.436 e. The average molecular weight is 407 g/mol. The van der Waals surface area contributed by atoms with Crippen molar-refractivity contribution in [2.24, 2.45) is 0 Å². The Hall–Kier alpha value is -3.12. The molecule has 128 valence electrons. The van der Waals surface area contributed by atoms with Crippen LogP contribution in [0.25, 0.3) is 10.8 Å². The highest BCUT2D eigenvalue weighted by Crippen LogP contribution is 2.34. The number of anilines is 3. The van der Waals surface area contributed by atoms with Crippen LogP contribution in [0.4, 0.5) is 17.2 Å². The summed E-state index contributed by atoms with van der Waals surface area (Å²) in [7, 11) is 0. The minimum absolute atomic E-state index is 0.314. The Morgan fingerprint density at radius 2 is 1.73 bits per heavy atom. The van der Waals surface area contributed by atoms with Gasteiger partial charge in [0.05, 0.1) is 0 Å². The van der Waals surface area contributed by atoms with Crippen LogP contribution in [-0.4, -0.2) is 9.97 Å². The normalized spacial score (nSPS) is 10.7. The molecular formula is C20H15BrN4O. The highest BCUT2D eigenvalue weighted by atomic mass is 79.9. The van der Waals surface area contributed by atoms with E-state index in [1.54, 1.807) is 0 Å². The lowest BCUT2D eigenvalue weighted by Crippen LogP contribution is -2.03. The van der Waals surface area contributed by atoms with Crippen LogP contribution in [0.1, 0.15) is 0 Å². The van der Waals surface area contributed by atoms with Gasteiger partial charge in [0.1, 0.15) is 17.8 Å². The van der Waals surface area contributed by atoms with Gasteiger partial charge in [0, 0.05) is 15.5 Å². The van der Waals surface area contributed by atoms with Gasteiger partial charge in [0.15, 0.2) is 5.82 Å². The average Bonchev–Trinajstić information content (AvgIpc) is 2.65. The summed E-state index contributed by atoms with van der Waals surface area (Å²) in [6.07, 6.45) is 1.43. The topological polar surface area (TPSA) is 73.1 Å². The zero-order valence-electron chi connectivity index (χ0n) is 13.7. The molecule has 4 rings (SSSR count). The third-order valence-electron chi connectivity index (χ3n) is 3.89. The number of hydrogen-bond donors (Lipinski definition) is 2. The van der Waals surface area contributed by atoms with Crippen molar-refractivity contribution >= 4 is 43.9 Å².